The fraction of sp³-hybridized carbons (Fsp3) is 0.818. The summed E-state index contributed by atoms with van der Waals surface area (Å²) in [6.45, 7) is 6.61. The molecule has 0 aliphatic heterocycles. The van der Waals surface area contributed by atoms with Gasteiger partial charge in [0.05, 0.1) is 12.6 Å². The van der Waals surface area contributed by atoms with Crippen LogP contribution < -0.4 is 16.4 Å². The van der Waals surface area contributed by atoms with Gasteiger partial charge in [-0.3, -0.25) is 9.59 Å². The highest BCUT2D eigenvalue weighted by molar-refractivity contribution is 5.87. The van der Waals surface area contributed by atoms with E-state index in [9.17, 15) is 9.59 Å². The second kappa shape index (κ2) is 8.10. The molecule has 0 aliphatic carbocycles. The van der Waals surface area contributed by atoms with Crippen molar-refractivity contribution in [1.29, 1.82) is 0 Å². The first-order valence-corrected chi connectivity index (χ1v) is 5.77. The molecule has 0 radical (unpaired) electrons. The molecule has 0 aliphatic rings. The minimum Gasteiger partial charge on any atom is -0.355 e. The molecule has 0 unspecified atom stereocenters. The Labute approximate surface area is 97.2 Å². The van der Waals surface area contributed by atoms with Gasteiger partial charge in [0.15, 0.2) is 0 Å². The summed E-state index contributed by atoms with van der Waals surface area (Å²) in [4.78, 5) is 22.6. The monoisotopic (exact) mass is 229 g/mol. The smallest absolute Gasteiger partial charge is 0.239 e. The van der Waals surface area contributed by atoms with E-state index < -0.39 is 6.04 Å². The van der Waals surface area contributed by atoms with Crippen LogP contribution in [0.3, 0.4) is 0 Å². The lowest BCUT2D eigenvalue weighted by molar-refractivity contribution is -0.127. The molecule has 0 rings (SSSR count). The summed E-state index contributed by atoms with van der Waals surface area (Å²) in [5, 5.41) is 5.19. The minimum atomic E-state index is -0.529. The van der Waals surface area contributed by atoms with Crippen molar-refractivity contribution >= 4 is 11.8 Å². The quantitative estimate of drug-likeness (QED) is 0.574. The molecule has 5 heteroatoms. The molecule has 0 aromatic carbocycles. The Morgan fingerprint density at radius 3 is 2.38 bits per heavy atom. The molecule has 1 atom stereocenters. The van der Waals surface area contributed by atoms with E-state index in [1.165, 1.54) is 0 Å². The summed E-state index contributed by atoms with van der Waals surface area (Å²) in [5.74, 6) is -0.0676. The van der Waals surface area contributed by atoms with Crippen molar-refractivity contribution in [2.45, 2.75) is 39.7 Å². The Bertz CT molecular complexity index is 229. The van der Waals surface area contributed by atoms with Crippen molar-refractivity contribution in [3.05, 3.63) is 0 Å². The van der Waals surface area contributed by atoms with Crippen LogP contribution >= 0.6 is 0 Å². The SMILES string of the molecule is CCCNC(=O)CNC(=O)[C@@H](N)CC(C)C. The van der Waals surface area contributed by atoms with E-state index in [2.05, 4.69) is 10.6 Å². The number of amides is 2. The molecule has 94 valence electrons. The molecule has 0 saturated carbocycles. The van der Waals surface area contributed by atoms with E-state index >= 15 is 0 Å². The number of nitrogens with two attached hydrogens (primary N) is 1. The molecule has 0 heterocycles. The Balaban J connectivity index is 3.75. The van der Waals surface area contributed by atoms with Gasteiger partial charge in [0.25, 0.3) is 0 Å². The van der Waals surface area contributed by atoms with Gasteiger partial charge in [-0.2, -0.15) is 0 Å². The van der Waals surface area contributed by atoms with Crippen LogP contribution in [0.25, 0.3) is 0 Å². The normalized spacial score (nSPS) is 12.3. The Morgan fingerprint density at radius 2 is 1.88 bits per heavy atom. The predicted octanol–water partition coefficient (Wildman–Crippen LogP) is 0.00220. The fourth-order valence-electron chi connectivity index (χ4n) is 1.24. The van der Waals surface area contributed by atoms with E-state index in [-0.39, 0.29) is 18.4 Å². The second-order valence-corrected chi connectivity index (χ2v) is 4.30. The van der Waals surface area contributed by atoms with Crippen LogP contribution in [0.15, 0.2) is 0 Å². The van der Waals surface area contributed by atoms with E-state index in [1.807, 2.05) is 20.8 Å². The molecule has 16 heavy (non-hydrogen) atoms. The lowest BCUT2D eigenvalue weighted by atomic mass is 10.0. The van der Waals surface area contributed by atoms with Crippen LogP contribution in [0.4, 0.5) is 0 Å². The Hall–Kier alpha value is -1.10. The van der Waals surface area contributed by atoms with Crippen molar-refractivity contribution in [2.75, 3.05) is 13.1 Å². The topological polar surface area (TPSA) is 84.2 Å². The van der Waals surface area contributed by atoms with Crippen LogP contribution in [0.5, 0.6) is 0 Å². The highest BCUT2D eigenvalue weighted by Crippen LogP contribution is 2.02. The Kier molecular flexibility index (Phi) is 7.54. The number of carbonyl (C=O) groups is 2. The van der Waals surface area contributed by atoms with Crippen LogP contribution in [-0.2, 0) is 9.59 Å². The molecule has 4 N–H and O–H groups in total. The van der Waals surface area contributed by atoms with Gasteiger partial charge in [0.2, 0.25) is 11.8 Å². The lowest BCUT2D eigenvalue weighted by Gasteiger charge is -2.13. The van der Waals surface area contributed by atoms with Crippen LogP contribution in [0, 0.1) is 5.92 Å². The molecule has 0 bridgehead atoms. The highest BCUT2D eigenvalue weighted by atomic mass is 16.2. The van der Waals surface area contributed by atoms with Gasteiger partial charge in [-0.05, 0) is 18.8 Å². The largest absolute Gasteiger partial charge is 0.355 e. The first-order chi connectivity index (χ1) is 7.47. The lowest BCUT2D eigenvalue weighted by Crippen LogP contribution is -2.45. The van der Waals surface area contributed by atoms with Gasteiger partial charge in [0, 0.05) is 6.54 Å². The molecule has 0 spiro atoms. The number of carbonyl (C=O) groups excluding carboxylic acids is 2. The van der Waals surface area contributed by atoms with Gasteiger partial charge in [-0.25, -0.2) is 0 Å². The van der Waals surface area contributed by atoms with Gasteiger partial charge in [0.1, 0.15) is 0 Å². The average Bonchev–Trinajstić information content (AvgIpc) is 2.21. The summed E-state index contributed by atoms with van der Waals surface area (Å²) < 4.78 is 0. The summed E-state index contributed by atoms with van der Waals surface area (Å²) in [7, 11) is 0. The molecule has 2 amide bonds. The van der Waals surface area contributed by atoms with Crippen LogP contribution in [-0.4, -0.2) is 30.9 Å². The molecule has 0 saturated heterocycles. The van der Waals surface area contributed by atoms with Gasteiger partial charge in [-0.1, -0.05) is 20.8 Å². The third kappa shape index (κ3) is 7.23. The van der Waals surface area contributed by atoms with Crippen molar-refractivity contribution < 1.29 is 9.59 Å². The predicted molar refractivity (Wildman–Crippen MR) is 63.7 cm³/mol. The summed E-state index contributed by atoms with van der Waals surface area (Å²) in [6, 6.07) is -0.529. The molecule has 0 aromatic rings. The zero-order valence-electron chi connectivity index (χ0n) is 10.4. The van der Waals surface area contributed by atoms with Gasteiger partial charge >= 0.3 is 0 Å². The van der Waals surface area contributed by atoms with Crippen LogP contribution in [0.1, 0.15) is 33.6 Å². The first kappa shape index (κ1) is 14.9. The van der Waals surface area contributed by atoms with Gasteiger partial charge < -0.3 is 16.4 Å². The van der Waals surface area contributed by atoms with Crippen molar-refractivity contribution in [2.24, 2.45) is 11.7 Å². The maximum atomic E-state index is 11.4. The van der Waals surface area contributed by atoms with Crippen molar-refractivity contribution in [3.63, 3.8) is 0 Å². The van der Waals surface area contributed by atoms with Crippen molar-refractivity contribution in [1.82, 2.24) is 10.6 Å². The maximum Gasteiger partial charge on any atom is 0.239 e. The summed E-state index contributed by atoms with van der Waals surface area (Å²) in [5.41, 5.74) is 5.66. The maximum absolute atomic E-state index is 11.4. The molecular weight excluding hydrogens is 206 g/mol. The number of hydrogen-bond donors (Lipinski definition) is 3. The second-order valence-electron chi connectivity index (χ2n) is 4.30. The third-order valence-electron chi connectivity index (χ3n) is 2.06. The fourth-order valence-corrected chi connectivity index (χ4v) is 1.24. The average molecular weight is 229 g/mol. The van der Waals surface area contributed by atoms with E-state index in [1.54, 1.807) is 0 Å². The minimum absolute atomic E-state index is 0.00459. The zero-order chi connectivity index (χ0) is 12.6. The molecule has 0 aromatic heterocycles. The van der Waals surface area contributed by atoms with E-state index in [0.717, 1.165) is 6.42 Å². The van der Waals surface area contributed by atoms with Crippen molar-refractivity contribution in [3.8, 4) is 0 Å². The summed E-state index contributed by atoms with van der Waals surface area (Å²) in [6.07, 6.45) is 1.51. The molecular formula is C11H23N3O2. The third-order valence-corrected chi connectivity index (χ3v) is 2.06. The number of hydrogen-bond acceptors (Lipinski definition) is 3. The first-order valence-electron chi connectivity index (χ1n) is 5.77. The van der Waals surface area contributed by atoms with E-state index in [4.69, 9.17) is 5.73 Å². The molecule has 0 fully saturated rings. The molecule has 5 nitrogen and oxygen atoms in total. The van der Waals surface area contributed by atoms with E-state index in [0.29, 0.717) is 18.9 Å². The number of nitrogens with one attached hydrogen (secondary N) is 2. The standard InChI is InChI=1S/C11H23N3O2/c1-4-5-13-10(15)7-14-11(16)9(12)6-8(2)3/h8-9H,4-7,12H2,1-3H3,(H,13,15)(H,14,16)/t9-/m0/s1. The highest BCUT2D eigenvalue weighted by Gasteiger charge is 2.15. The Morgan fingerprint density at radius 1 is 1.25 bits per heavy atom. The van der Waals surface area contributed by atoms with Crippen LogP contribution in [0.2, 0.25) is 0 Å². The summed E-state index contributed by atoms with van der Waals surface area (Å²) >= 11 is 0. The van der Waals surface area contributed by atoms with Gasteiger partial charge in [-0.15, -0.1) is 0 Å². The zero-order valence-corrected chi connectivity index (χ0v) is 10.4. The number of rotatable bonds is 7.